The fourth-order valence-corrected chi connectivity index (χ4v) is 4.22. The topological polar surface area (TPSA) is 33.5 Å². The average Bonchev–Trinajstić information content (AvgIpc) is 2.59. The van der Waals surface area contributed by atoms with Gasteiger partial charge in [-0.2, -0.15) is 0 Å². The van der Waals surface area contributed by atoms with Crippen LogP contribution in [0.4, 0.5) is 11.4 Å². The first-order valence-electron chi connectivity index (χ1n) is 9.12. The third kappa shape index (κ3) is 4.91. The monoisotopic (exact) mass is 417 g/mol. The summed E-state index contributed by atoms with van der Waals surface area (Å²) in [5, 5.41) is 3.18. The van der Waals surface area contributed by atoms with Crippen LogP contribution in [0.25, 0.3) is 4.85 Å². The number of benzene rings is 1. The van der Waals surface area contributed by atoms with Gasteiger partial charge in [-0.1, -0.05) is 19.1 Å². The summed E-state index contributed by atoms with van der Waals surface area (Å²) in [4.78, 5) is 16.6. The molecule has 0 saturated carbocycles. The molecule has 1 radical (unpaired) electrons. The van der Waals surface area contributed by atoms with Gasteiger partial charge in [-0.05, 0) is 51.2 Å². The number of anilines is 1. The number of likely N-dealkylation sites (N-methyl/N-ethyl adjacent to an activating group) is 1. The van der Waals surface area contributed by atoms with E-state index in [-0.39, 0.29) is 44.7 Å². The summed E-state index contributed by atoms with van der Waals surface area (Å²) < 4.78 is 0.917. The van der Waals surface area contributed by atoms with Crippen LogP contribution in [0.1, 0.15) is 50.7 Å². The Morgan fingerprint density at radius 2 is 1.76 bits per heavy atom. The maximum absolute atomic E-state index is 13.1. The third-order valence-electron chi connectivity index (χ3n) is 5.58. The van der Waals surface area contributed by atoms with Crippen molar-refractivity contribution in [3.8, 4) is 0 Å². The molecule has 0 aromatic heterocycles. The maximum Gasteiger partial charge on any atom is 0.282 e. The molecule has 1 heterocycles. The standard InChI is InChI=1S/C20H29N3O.Y/c1-6-18(23(7-2)11-9-8-10-12-23)20(24)22-19-15(3)13-17(21-5)14-16(19)4;/h13-14,18H,6-12H2,1-4H3;/p+1. The second kappa shape index (κ2) is 9.81. The molecule has 1 aliphatic rings. The van der Waals surface area contributed by atoms with Gasteiger partial charge < -0.3 is 9.80 Å². The maximum atomic E-state index is 13.1. The van der Waals surface area contributed by atoms with E-state index >= 15 is 0 Å². The van der Waals surface area contributed by atoms with Crippen LogP contribution in [0, 0.1) is 20.4 Å². The van der Waals surface area contributed by atoms with Crippen molar-refractivity contribution in [1.29, 1.82) is 0 Å². The predicted octanol–water partition coefficient (Wildman–Crippen LogP) is 4.59. The molecule has 1 amide bonds. The molecule has 25 heavy (non-hydrogen) atoms. The molecule has 1 atom stereocenters. The summed E-state index contributed by atoms with van der Waals surface area (Å²) in [6.45, 7) is 18.7. The Morgan fingerprint density at radius 3 is 2.20 bits per heavy atom. The van der Waals surface area contributed by atoms with E-state index in [9.17, 15) is 4.79 Å². The van der Waals surface area contributed by atoms with Crippen molar-refractivity contribution in [1.82, 2.24) is 0 Å². The second-order valence-corrected chi connectivity index (χ2v) is 7.02. The van der Waals surface area contributed by atoms with Crippen LogP contribution in [0.15, 0.2) is 12.1 Å². The number of carbonyl (C=O) groups is 1. The fraction of sp³-hybridized carbons (Fsp3) is 0.600. The van der Waals surface area contributed by atoms with E-state index < -0.39 is 0 Å². The number of hydrogen-bond acceptors (Lipinski definition) is 1. The zero-order valence-electron chi connectivity index (χ0n) is 16.1. The summed E-state index contributed by atoms with van der Waals surface area (Å²) in [5.74, 6) is 0.128. The van der Waals surface area contributed by atoms with Crippen LogP contribution in [0.2, 0.25) is 0 Å². The van der Waals surface area contributed by atoms with Crippen LogP contribution in [-0.2, 0) is 37.5 Å². The summed E-state index contributed by atoms with van der Waals surface area (Å²) in [6, 6.07) is 3.71. The number of likely N-dealkylation sites (tertiary alicyclic amines) is 1. The molecule has 4 nitrogen and oxygen atoms in total. The van der Waals surface area contributed by atoms with Gasteiger partial charge in [0.2, 0.25) is 0 Å². The molecule has 0 aliphatic carbocycles. The minimum absolute atomic E-state index is 0. The van der Waals surface area contributed by atoms with E-state index in [0.29, 0.717) is 5.69 Å². The van der Waals surface area contributed by atoms with Gasteiger partial charge in [-0.3, -0.25) is 4.79 Å². The molecule has 1 aromatic rings. The molecule has 0 bridgehead atoms. The van der Waals surface area contributed by atoms with E-state index in [1.807, 2.05) is 26.0 Å². The van der Waals surface area contributed by atoms with Crippen LogP contribution in [-0.4, -0.2) is 36.1 Å². The number of aryl methyl sites for hydroxylation is 2. The number of nitrogens with zero attached hydrogens (tertiary/aromatic N) is 2. The smallest absolute Gasteiger partial charge is 0.282 e. The number of rotatable bonds is 5. The number of amides is 1. The van der Waals surface area contributed by atoms with Crippen LogP contribution in [0.3, 0.4) is 0 Å². The molecule has 1 fully saturated rings. The van der Waals surface area contributed by atoms with Crippen molar-refractivity contribution in [3.05, 3.63) is 34.7 Å². The largest absolute Gasteiger partial charge is 0.321 e. The van der Waals surface area contributed by atoms with Gasteiger partial charge in [0, 0.05) is 44.8 Å². The van der Waals surface area contributed by atoms with E-state index in [4.69, 9.17) is 6.57 Å². The Bertz CT molecular complexity index is 622. The van der Waals surface area contributed by atoms with E-state index in [1.165, 1.54) is 19.3 Å². The Morgan fingerprint density at radius 1 is 1.20 bits per heavy atom. The first kappa shape index (κ1) is 22.3. The molecule has 1 aromatic carbocycles. The van der Waals surface area contributed by atoms with E-state index in [1.54, 1.807) is 0 Å². The fourth-order valence-electron chi connectivity index (χ4n) is 4.22. The van der Waals surface area contributed by atoms with Gasteiger partial charge in [0.25, 0.3) is 5.91 Å². The number of nitrogens with one attached hydrogen (secondary N) is 1. The van der Waals surface area contributed by atoms with Gasteiger partial charge >= 0.3 is 0 Å². The number of hydrogen-bond donors (Lipinski definition) is 1. The first-order chi connectivity index (χ1) is 11.5. The molecular weight excluding hydrogens is 387 g/mol. The average molecular weight is 417 g/mol. The van der Waals surface area contributed by atoms with E-state index in [0.717, 1.165) is 47.4 Å². The molecule has 0 spiro atoms. The Kier molecular flexibility index (Phi) is 8.74. The Hall–Kier alpha value is -0.756. The van der Waals surface area contributed by atoms with Crippen LogP contribution < -0.4 is 5.32 Å². The van der Waals surface area contributed by atoms with Gasteiger partial charge in [0.15, 0.2) is 11.7 Å². The van der Waals surface area contributed by atoms with Crippen molar-refractivity contribution in [3.63, 3.8) is 0 Å². The van der Waals surface area contributed by atoms with Crippen molar-refractivity contribution < 1.29 is 42.0 Å². The minimum Gasteiger partial charge on any atom is -0.321 e. The van der Waals surface area contributed by atoms with Gasteiger partial charge in [0.05, 0.1) is 26.2 Å². The molecule has 1 unspecified atom stereocenters. The molecule has 133 valence electrons. The summed E-state index contributed by atoms with van der Waals surface area (Å²) in [6.07, 6.45) is 4.58. The van der Waals surface area contributed by atoms with Crippen molar-refractivity contribution in [2.75, 3.05) is 25.0 Å². The van der Waals surface area contributed by atoms with Crippen molar-refractivity contribution in [2.45, 2.75) is 59.4 Å². The Balaban J connectivity index is 0.00000312. The van der Waals surface area contributed by atoms with Gasteiger partial charge in [-0.25, -0.2) is 4.85 Å². The summed E-state index contributed by atoms with van der Waals surface area (Å²) >= 11 is 0. The van der Waals surface area contributed by atoms with Crippen LogP contribution in [0.5, 0.6) is 0 Å². The normalized spacial score (nSPS) is 17.1. The predicted molar refractivity (Wildman–Crippen MR) is 99.3 cm³/mol. The Labute approximate surface area is 177 Å². The molecule has 1 saturated heterocycles. The minimum atomic E-state index is 0. The zero-order valence-corrected chi connectivity index (χ0v) is 18.9. The zero-order chi connectivity index (χ0) is 17.7. The quantitative estimate of drug-likeness (QED) is 0.552. The van der Waals surface area contributed by atoms with E-state index in [2.05, 4.69) is 24.0 Å². The number of quaternary nitrogens is 1. The SMILES string of the molecule is [C-]#[N+]c1cc(C)c(NC(=O)C(CC)[N+]2(CC)CCCCC2)c(C)c1.[Y]. The second-order valence-electron chi connectivity index (χ2n) is 7.02. The summed E-state index contributed by atoms with van der Waals surface area (Å²) in [7, 11) is 0. The van der Waals surface area contributed by atoms with Crippen molar-refractivity contribution >= 4 is 17.3 Å². The van der Waals surface area contributed by atoms with Gasteiger partial charge in [-0.15, -0.1) is 0 Å². The van der Waals surface area contributed by atoms with Gasteiger partial charge in [0.1, 0.15) is 0 Å². The molecular formula is C20H30N3OY+. The van der Waals surface area contributed by atoms with Crippen LogP contribution >= 0.6 is 0 Å². The number of piperidine rings is 1. The molecule has 1 N–H and O–H groups in total. The summed E-state index contributed by atoms with van der Waals surface area (Å²) in [5.41, 5.74) is 3.43. The number of carbonyl (C=O) groups excluding carboxylic acids is 1. The first-order valence-corrected chi connectivity index (χ1v) is 9.12. The molecule has 2 rings (SSSR count). The molecule has 1 aliphatic heterocycles. The van der Waals surface area contributed by atoms with Crippen molar-refractivity contribution in [2.24, 2.45) is 0 Å². The third-order valence-corrected chi connectivity index (χ3v) is 5.58. The molecule has 5 heteroatoms.